The van der Waals surface area contributed by atoms with Crippen LogP contribution in [0.4, 0.5) is 0 Å². The van der Waals surface area contributed by atoms with Crippen LogP contribution in [-0.2, 0) is 13.1 Å². The summed E-state index contributed by atoms with van der Waals surface area (Å²) in [6.07, 6.45) is 3.99. The number of ether oxygens (including phenoxy) is 1. The summed E-state index contributed by atoms with van der Waals surface area (Å²) in [7, 11) is 1.56. The van der Waals surface area contributed by atoms with Crippen molar-refractivity contribution in [2.75, 3.05) is 7.11 Å². The van der Waals surface area contributed by atoms with Gasteiger partial charge in [0.1, 0.15) is 5.75 Å². The molecule has 2 heterocycles. The Balaban J connectivity index is 2.43. The van der Waals surface area contributed by atoms with Crippen LogP contribution >= 0.6 is 0 Å². The van der Waals surface area contributed by atoms with Gasteiger partial charge in [-0.25, -0.2) is 14.3 Å². The van der Waals surface area contributed by atoms with E-state index in [1.54, 1.807) is 42.3 Å². The Morgan fingerprint density at radius 3 is 2.80 bits per heavy atom. The van der Waals surface area contributed by atoms with Gasteiger partial charge in [0.25, 0.3) is 5.56 Å². The molecule has 3 rings (SSSR count). The van der Waals surface area contributed by atoms with Crippen LogP contribution in [-0.4, -0.2) is 25.8 Å². The number of nitrogens with zero attached hydrogens (tertiary/aromatic N) is 4. The first-order valence-electron chi connectivity index (χ1n) is 8.08. The van der Waals surface area contributed by atoms with Gasteiger partial charge in [-0.1, -0.05) is 19.1 Å². The lowest BCUT2D eigenvalue weighted by Crippen LogP contribution is -2.39. The molecule has 0 saturated heterocycles. The zero-order chi connectivity index (χ0) is 18.0. The van der Waals surface area contributed by atoms with Crippen molar-refractivity contribution in [1.82, 2.24) is 18.7 Å². The number of aryl methyl sites for hydroxylation is 1. The van der Waals surface area contributed by atoms with Gasteiger partial charge in [0, 0.05) is 19.2 Å². The minimum absolute atomic E-state index is 0.134. The highest BCUT2D eigenvalue weighted by molar-refractivity contribution is 5.72. The lowest BCUT2D eigenvalue weighted by Gasteiger charge is -2.12. The zero-order valence-corrected chi connectivity index (χ0v) is 14.3. The van der Waals surface area contributed by atoms with Crippen molar-refractivity contribution in [3.8, 4) is 11.4 Å². The quantitative estimate of drug-likeness (QED) is 0.643. The molecule has 7 nitrogen and oxygen atoms in total. The fourth-order valence-electron chi connectivity index (χ4n) is 2.86. The molecule has 0 N–H and O–H groups in total. The molecule has 0 amide bonds. The molecule has 0 aliphatic carbocycles. The van der Waals surface area contributed by atoms with Gasteiger partial charge in [-0.15, -0.1) is 6.58 Å². The van der Waals surface area contributed by atoms with Crippen LogP contribution in [0.5, 0.6) is 5.75 Å². The first kappa shape index (κ1) is 16.8. The van der Waals surface area contributed by atoms with E-state index in [1.165, 1.54) is 15.2 Å². The predicted molar refractivity (Wildman–Crippen MR) is 96.6 cm³/mol. The molecule has 25 heavy (non-hydrogen) atoms. The Hall–Kier alpha value is -3.09. The molecular weight excluding hydrogens is 320 g/mol. The van der Waals surface area contributed by atoms with Crippen molar-refractivity contribution in [2.24, 2.45) is 0 Å². The molecule has 3 aromatic rings. The van der Waals surface area contributed by atoms with Crippen LogP contribution < -0.4 is 16.0 Å². The fraction of sp³-hybridized carbons (Fsp3) is 0.278. The van der Waals surface area contributed by atoms with Crippen molar-refractivity contribution >= 4 is 11.2 Å². The summed E-state index contributed by atoms with van der Waals surface area (Å²) in [4.78, 5) is 30.1. The Kier molecular flexibility index (Phi) is 4.56. The number of benzene rings is 1. The van der Waals surface area contributed by atoms with Crippen LogP contribution in [0.1, 0.15) is 13.3 Å². The third kappa shape index (κ3) is 2.77. The first-order valence-corrected chi connectivity index (χ1v) is 8.08. The van der Waals surface area contributed by atoms with Crippen molar-refractivity contribution in [3.05, 3.63) is 64.1 Å². The van der Waals surface area contributed by atoms with Crippen molar-refractivity contribution < 1.29 is 4.74 Å². The van der Waals surface area contributed by atoms with Gasteiger partial charge in [0.05, 0.1) is 19.1 Å². The van der Waals surface area contributed by atoms with Crippen molar-refractivity contribution in [3.63, 3.8) is 0 Å². The molecule has 0 unspecified atom stereocenters. The third-order valence-electron chi connectivity index (χ3n) is 3.99. The van der Waals surface area contributed by atoms with Gasteiger partial charge >= 0.3 is 5.69 Å². The van der Waals surface area contributed by atoms with E-state index in [2.05, 4.69) is 11.6 Å². The lowest BCUT2D eigenvalue weighted by molar-refractivity contribution is 0.414. The second-order valence-electron chi connectivity index (χ2n) is 5.63. The second-order valence-corrected chi connectivity index (χ2v) is 5.63. The van der Waals surface area contributed by atoms with Crippen molar-refractivity contribution in [1.29, 1.82) is 0 Å². The molecule has 0 aliphatic heterocycles. The van der Waals surface area contributed by atoms with Gasteiger partial charge in [-0.05, 0) is 18.6 Å². The zero-order valence-electron chi connectivity index (χ0n) is 14.3. The molecule has 1 aromatic carbocycles. The minimum atomic E-state index is -0.451. The van der Waals surface area contributed by atoms with Gasteiger partial charge in [-0.2, -0.15) is 0 Å². The summed E-state index contributed by atoms with van der Waals surface area (Å²) in [6, 6.07) is 7.10. The van der Waals surface area contributed by atoms with Gasteiger partial charge in [0.2, 0.25) is 0 Å². The third-order valence-corrected chi connectivity index (χ3v) is 3.99. The maximum atomic E-state index is 12.9. The number of methoxy groups -OCH3 is 1. The lowest BCUT2D eigenvalue weighted by atomic mass is 10.3. The minimum Gasteiger partial charge on any atom is -0.497 e. The Bertz CT molecular complexity index is 1040. The molecule has 0 bridgehead atoms. The Morgan fingerprint density at radius 2 is 2.12 bits per heavy atom. The number of fused-ring (bicyclic) bond motifs is 1. The van der Waals surface area contributed by atoms with E-state index in [4.69, 9.17) is 4.74 Å². The van der Waals surface area contributed by atoms with Crippen LogP contribution in [0.15, 0.2) is 52.8 Å². The molecule has 0 spiro atoms. The Labute approximate surface area is 144 Å². The normalized spacial score (nSPS) is 11.0. The topological polar surface area (TPSA) is 71.1 Å². The molecule has 2 aromatic heterocycles. The van der Waals surface area contributed by atoms with E-state index >= 15 is 0 Å². The van der Waals surface area contributed by atoms with E-state index in [9.17, 15) is 9.59 Å². The van der Waals surface area contributed by atoms with Gasteiger partial charge in [0.15, 0.2) is 11.2 Å². The van der Waals surface area contributed by atoms with E-state index < -0.39 is 5.69 Å². The largest absolute Gasteiger partial charge is 0.497 e. The number of allylic oxidation sites excluding steroid dienone is 1. The van der Waals surface area contributed by atoms with Crippen LogP contribution in [0, 0.1) is 0 Å². The highest BCUT2D eigenvalue weighted by Gasteiger charge is 2.18. The molecule has 0 fully saturated rings. The molecule has 0 radical (unpaired) electrons. The molecular formula is C18H20N4O3. The maximum Gasteiger partial charge on any atom is 0.337 e. The molecule has 0 aliphatic rings. The Morgan fingerprint density at radius 1 is 1.32 bits per heavy atom. The number of rotatable bonds is 6. The van der Waals surface area contributed by atoms with E-state index in [0.29, 0.717) is 29.1 Å². The molecule has 7 heteroatoms. The van der Waals surface area contributed by atoms with Gasteiger partial charge in [-0.3, -0.25) is 9.36 Å². The van der Waals surface area contributed by atoms with Gasteiger partial charge < -0.3 is 9.30 Å². The summed E-state index contributed by atoms with van der Waals surface area (Å²) < 4.78 is 9.64. The average molecular weight is 340 g/mol. The smallest absolute Gasteiger partial charge is 0.337 e. The highest BCUT2D eigenvalue weighted by atomic mass is 16.5. The van der Waals surface area contributed by atoms with Crippen LogP contribution in [0.2, 0.25) is 0 Å². The number of hydrogen-bond acceptors (Lipinski definition) is 4. The maximum absolute atomic E-state index is 12.9. The fourth-order valence-corrected chi connectivity index (χ4v) is 2.86. The predicted octanol–water partition coefficient (Wildman–Crippen LogP) is 1.95. The second kappa shape index (κ2) is 6.80. The summed E-state index contributed by atoms with van der Waals surface area (Å²) in [5.74, 6) is 0.618. The van der Waals surface area contributed by atoms with Crippen LogP contribution in [0.3, 0.4) is 0 Å². The monoisotopic (exact) mass is 340 g/mol. The summed E-state index contributed by atoms with van der Waals surface area (Å²) in [6.45, 7) is 6.45. The van der Waals surface area contributed by atoms with E-state index in [0.717, 1.165) is 6.42 Å². The average Bonchev–Trinajstić information content (AvgIpc) is 3.03. The highest BCUT2D eigenvalue weighted by Crippen LogP contribution is 2.18. The first-order chi connectivity index (χ1) is 12.1. The molecule has 130 valence electrons. The standard InChI is InChI=1S/C18H20N4O3/c1-4-9-20-12-19-16-15(20)17(23)21(10-5-2)18(24)22(16)13-7-6-8-14(11-13)25-3/h5-8,11-12H,2,4,9-10H2,1,3H3. The SMILES string of the molecule is C=CCn1c(=O)c2c(ncn2CCC)n(-c2cccc(OC)c2)c1=O. The number of imidazole rings is 1. The summed E-state index contributed by atoms with van der Waals surface area (Å²) in [5, 5.41) is 0. The molecule has 0 saturated carbocycles. The summed E-state index contributed by atoms with van der Waals surface area (Å²) in [5.41, 5.74) is 0.537. The van der Waals surface area contributed by atoms with E-state index in [-0.39, 0.29) is 12.1 Å². The summed E-state index contributed by atoms with van der Waals surface area (Å²) >= 11 is 0. The number of aromatic nitrogens is 4. The van der Waals surface area contributed by atoms with Crippen molar-refractivity contribution in [2.45, 2.75) is 26.4 Å². The molecule has 0 atom stereocenters. The number of hydrogen-bond donors (Lipinski definition) is 0. The van der Waals surface area contributed by atoms with E-state index in [1.807, 2.05) is 6.92 Å². The van der Waals surface area contributed by atoms with Crippen LogP contribution in [0.25, 0.3) is 16.9 Å².